The third kappa shape index (κ3) is 11.0. The molecule has 0 aliphatic carbocycles. The molecule has 0 radical (unpaired) electrons. The Hall–Kier alpha value is -2.93. The van der Waals surface area contributed by atoms with Crippen molar-refractivity contribution in [3.8, 4) is 17.2 Å². The zero-order chi connectivity index (χ0) is 27.7. The highest BCUT2D eigenvalue weighted by molar-refractivity contribution is 5.64. The first-order chi connectivity index (χ1) is 19.1. The second kappa shape index (κ2) is 17.6. The van der Waals surface area contributed by atoms with Crippen LogP contribution in [0.15, 0.2) is 72.8 Å². The number of aryl methyl sites for hydroxylation is 1. The van der Waals surface area contributed by atoms with E-state index in [1.807, 2.05) is 24.3 Å². The van der Waals surface area contributed by atoms with Crippen molar-refractivity contribution in [1.82, 2.24) is 9.80 Å². The lowest BCUT2D eigenvalue weighted by Gasteiger charge is -2.28. The molecular weight excluding hydrogens is 474 g/mol. The van der Waals surface area contributed by atoms with E-state index < -0.39 is 0 Å². The fraction of sp³-hybridized carbons (Fsp3) is 0.472. The van der Waals surface area contributed by atoms with Crippen LogP contribution in [0.1, 0.15) is 88.0 Å². The number of hydrogen-bond donors (Lipinski definition) is 0. The van der Waals surface area contributed by atoms with Crippen LogP contribution >= 0.6 is 0 Å². The van der Waals surface area contributed by atoms with E-state index in [-0.39, 0.29) is 0 Å². The lowest BCUT2D eigenvalue weighted by atomic mass is 10.0. The SMILES string of the molecule is CCCCCc1ccc(CN(CCN(CCCC)CCCC)Cc2ccc(-c3ccc(C#N)cc3)cc2)cc1. The fourth-order valence-electron chi connectivity index (χ4n) is 5.04. The van der Waals surface area contributed by atoms with Crippen LogP contribution in [0.5, 0.6) is 0 Å². The van der Waals surface area contributed by atoms with Crippen LogP contribution in [-0.2, 0) is 19.5 Å². The summed E-state index contributed by atoms with van der Waals surface area (Å²) in [6.45, 7) is 13.4. The number of unbranched alkanes of at least 4 members (excludes halogenated alkanes) is 4. The zero-order valence-electron chi connectivity index (χ0n) is 24.7. The van der Waals surface area contributed by atoms with Crippen molar-refractivity contribution in [2.24, 2.45) is 0 Å². The van der Waals surface area contributed by atoms with Crippen molar-refractivity contribution in [2.75, 3.05) is 26.2 Å². The van der Waals surface area contributed by atoms with Gasteiger partial charge in [0, 0.05) is 26.2 Å². The summed E-state index contributed by atoms with van der Waals surface area (Å²) in [6.07, 6.45) is 10.1. The van der Waals surface area contributed by atoms with Gasteiger partial charge in [0.15, 0.2) is 0 Å². The first-order valence-corrected chi connectivity index (χ1v) is 15.3. The lowest BCUT2D eigenvalue weighted by molar-refractivity contribution is 0.189. The third-order valence-electron chi connectivity index (χ3n) is 7.59. The molecule has 0 N–H and O–H groups in total. The van der Waals surface area contributed by atoms with Gasteiger partial charge in [-0.1, -0.05) is 107 Å². The molecule has 3 heteroatoms. The minimum atomic E-state index is 0.701. The van der Waals surface area contributed by atoms with Gasteiger partial charge >= 0.3 is 0 Å². The Balaban J connectivity index is 1.69. The van der Waals surface area contributed by atoms with E-state index in [1.54, 1.807) is 0 Å². The minimum absolute atomic E-state index is 0.701. The van der Waals surface area contributed by atoms with Crippen LogP contribution in [-0.4, -0.2) is 36.0 Å². The summed E-state index contributed by atoms with van der Waals surface area (Å²) in [6, 6.07) is 28.4. The minimum Gasteiger partial charge on any atom is -0.302 e. The smallest absolute Gasteiger partial charge is 0.0991 e. The molecule has 0 bridgehead atoms. The summed E-state index contributed by atoms with van der Waals surface area (Å²) in [5.74, 6) is 0. The van der Waals surface area contributed by atoms with Gasteiger partial charge in [-0.05, 0) is 78.7 Å². The standard InChI is InChI=1S/C36H49N3/c1-4-7-10-11-31-12-14-33(15-13-31)29-39(27-26-38(24-8-5-2)25-9-6-3)30-34-18-22-36(23-19-34)35-20-16-32(28-37)17-21-35/h12-23H,4-11,24-27,29-30H2,1-3H3. The molecule has 0 aliphatic rings. The van der Waals surface area contributed by atoms with Crippen molar-refractivity contribution in [3.63, 3.8) is 0 Å². The maximum absolute atomic E-state index is 9.09. The molecule has 3 nitrogen and oxygen atoms in total. The van der Waals surface area contributed by atoms with Crippen molar-refractivity contribution in [2.45, 2.75) is 85.2 Å². The number of rotatable bonds is 18. The molecule has 0 aromatic heterocycles. The highest BCUT2D eigenvalue weighted by atomic mass is 15.2. The quantitative estimate of drug-likeness (QED) is 0.156. The van der Waals surface area contributed by atoms with Crippen LogP contribution in [0.3, 0.4) is 0 Å². The normalized spacial score (nSPS) is 11.3. The topological polar surface area (TPSA) is 30.3 Å². The fourth-order valence-corrected chi connectivity index (χ4v) is 5.04. The van der Waals surface area contributed by atoms with Gasteiger partial charge in [-0.25, -0.2) is 0 Å². The molecule has 0 saturated heterocycles. The molecule has 0 atom stereocenters. The van der Waals surface area contributed by atoms with Crippen LogP contribution in [0, 0.1) is 11.3 Å². The van der Waals surface area contributed by atoms with Crippen LogP contribution in [0.4, 0.5) is 0 Å². The molecule has 0 spiro atoms. The first kappa shape index (κ1) is 30.6. The molecule has 0 aliphatic heterocycles. The lowest BCUT2D eigenvalue weighted by Crippen LogP contribution is -2.36. The van der Waals surface area contributed by atoms with Crippen LogP contribution in [0.25, 0.3) is 11.1 Å². The van der Waals surface area contributed by atoms with Gasteiger partial charge in [0.1, 0.15) is 0 Å². The number of hydrogen-bond acceptors (Lipinski definition) is 3. The average molecular weight is 524 g/mol. The Morgan fingerprint density at radius 3 is 1.49 bits per heavy atom. The summed E-state index contributed by atoms with van der Waals surface area (Å²) in [7, 11) is 0. The molecule has 0 heterocycles. The van der Waals surface area contributed by atoms with Crippen molar-refractivity contribution >= 4 is 0 Å². The Labute approximate surface area is 238 Å². The second-order valence-electron chi connectivity index (χ2n) is 10.9. The predicted octanol–water partition coefficient (Wildman–Crippen LogP) is 8.86. The summed E-state index contributed by atoms with van der Waals surface area (Å²) in [5.41, 5.74) is 7.25. The molecule has 0 saturated carbocycles. The molecule has 0 amide bonds. The Morgan fingerprint density at radius 2 is 0.974 bits per heavy atom. The predicted molar refractivity (Wildman–Crippen MR) is 167 cm³/mol. The van der Waals surface area contributed by atoms with E-state index in [2.05, 4.69) is 85.2 Å². The summed E-state index contributed by atoms with van der Waals surface area (Å²) >= 11 is 0. The van der Waals surface area contributed by atoms with Gasteiger partial charge in [0.2, 0.25) is 0 Å². The number of nitrogens with zero attached hydrogens (tertiary/aromatic N) is 3. The van der Waals surface area contributed by atoms with E-state index in [1.165, 1.54) is 86.7 Å². The summed E-state index contributed by atoms with van der Waals surface area (Å²) < 4.78 is 0. The van der Waals surface area contributed by atoms with Crippen LogP contribution < -0.4 is 0 Å². The van der Waals surface area contributed by atoms with Gasteiger partial charge in [0.25, 0.3) is 0 Å². The van der Waals surface area contributed by atoms with E-state index in [4.69, 9.17) is 5.26 Å². The molecule has 0 unspecified atom stereocenters. The van der Waals surface area contributed by atoms with Gasteiger partial charge < -0.3 is 4.90 Å². The summed E-state index contributed by atoms with van der Waals surface area (Å²) in [5, 5.41) is 9.09. The van der Waals surface area contributed by atoms with E-state index in [9.17, 15) is 0 Å². The van der Waals surface area contributed by atoms with Gasteiger partial charge in [0.05, 0.1) is 11.6 Å². The van der Waals surface area contributed by atoms with E-state index in [0.717, 1.165) is 31.7 Å². The van der Waals surface area contributed by atoms with Crippen molar-refractivity contribution < 1.29 is 0 Å². The Kier molecular flexibility index (Phi) is 13.8. The summed E-state index contributed by atoms with van der Waals surface area (Å²) in [4.78, 5) is 5.29. The van der Waals surface area contributed by atoms with E-state index in [0.29, 0.717) is 5.56 Å². The third-order valence-corrected chi connectivity index (χ3v) is 7.59. The van der Waals surface area contributed by atoms with E-state index >= 15 is 0 Å². The van der Waals surface area contributed by atoms with Crippen molar-refractivity contribution in [3.05, 3.63) is 95.1 Å². The second-order valence-corrected chi connectivity index (χ2v) is 10.9. The van der Waals surface area contributed by atoms with Gasteiger partial charge in [-0.15, -0.1) is 0 Å². The highest BCUT2D eigenvalue weighted by Crippen LogP contribution is 2.21. The van der Waals surface area contributed by atoms with Crippen LogP contribution in [0.2, 0.25) is 0 Å². The maximum atomic E-state index is 9.09. The molecule has 3 rings (SSSR count). The Bertz CT molecular complexity index is 1090. The molecule has 3 aromatic carbocycles. The Morgan fingerprint density at radius 1 is 0.513 bits per heavy atom. The first-order valence-electron chi connectivity index (χ1n) is 15.3. The average Bonchev–Trinajstić information content (AvgIpc) is 2.98. The van der Waals surface area contributed by atoms with Crippen molar-refractivity contribution in [1.29, 1.82) is 5.26 Å². The molecule has 208 valence electrons. The largest absolute Gasteiger partial charge is 0.302 e. The molecular formula is C36H49N3. The monoisotopic (exact) mass is 523 g/mol. The van der Waals surface area contributed by atoms with Gasteiger partial charge in [-0.3, -0.25) is 4.90 Å². The molecule has 0 fully saturated rings. The van der Waals surface area contributed by atoms with Gasteiger partial charge in [-0.2, -0.15) is 5.26 Å². The maximum Gasteiger partial charge on any atom is 0.0991 e. The molecule has 39 heavy (non-hydrogen) atoms. The number of benzene rings is 3. The number of nitriles is 1. The highest BCUT2D eigenvalue weighted by Gasteiger charge is 2.12. The zero-order valence-corrected chi connectivity index (χ0v) is 24.7. The molecule has 3 aromatic rings.